The van der Waals surface area contributed by atoms with Crippen molar-refractivity contribution >= 4 is 11.8 Å². The predicted octanol–water partition coefficient (Wildman–Crippen LogP) is 3.99. The normalized spacial score (nSPS) is 46.1. The molecule has 4 rings (SSSR count). The minimum Gasteiger partial charge on any atom is -0.352 e. The molecule has 4 fully saturated rings. The monoisotopic (exact) mass is 374 g/mol. The van der Waals surface area contributed by atoms with Crippen molar-refractivity contribution in [3.05, 3.63) is 0 Å². The van der Waals surface area contributed by atoms with Crippen LogP contribution in [-0.4, -0.2) is 35.8 Å². The maximum Gasteiger partial charge on any atom is 0.235 e. The van der Waals surface area contributed by atoms with Crippen LogP contribution in [0.3, 0.4) is 0 Å². The molecule has 27 heavy (non-hydrogen) atoms. The van der Waals surface area contributed by atoms with Gasteiger partial charge in [-0.3, -0.25) is 9.59 Å². The number of piperidine rings is 1. The number of carbonyl (C=O) groups is 2. The number of fused-ring (bicyclic) bond motifs is 5. The van der Waals surface area contributed by atoms with Crippen LogP contribution in [0.2, 0.25) is 0 Å². The molecule has 4 aliphatic rings. The van der Waals surface area contributed by atoms with Crippen molar-refractivity contribution < 1.29 is 9.59 Å². The summed E-state index contributed by atoms with van der Waals surface area (Å²) in [5.41, 5.74) is 0.632. The second kappa shape index (κ2) is 6.77. The molecule has 1 saturated heterocycles. The van der Waals surface area contributed by atoms with Gasteiger partial charge >= 0.3 is 0 Å². The van der Waals surface area contributed by atoms with Crippen molar-refractivity contribution in [3.63, 3.8) is 0 Å². The summed E-state index contributed by atoms with van der Waals surface area (Å²) in [4.78, 5) is 27.7. The summed E-state index contributed by atoms with van der Waals surface area (Å²) in [6.07, 6.45) is 9.93. The first-order chi connectivity index (χ1) is 12.8. The molecule has 0 aromatic rings. The number of hydrogen-bond donors (Lipinski definition) is 1. The van der Waals surface area contributed by atoms with E-state index in [2.05, 4.69) is 19.2 Å². The molecular weight excluding hydrogens is 336 g/mol. The lowest BCUT2D eigenvalue weighted by molar-refractivity contribution is -0.155. The van der Waals surface area contributed by atoms with Gasteiger partial charge in [-0.1, -0.05) is 20.3 Å². The van der Waals surface area contributed by atoms with E-state index < -0.39 is 5.92 Å². The van der Waals surface area contributed by atoms with E-state index >= 15 is 0 Å². The molecule has 1 aliphatic heterocycles. The summed E-state index contributed by atoms with van der Waals surface area (Å²) in [7, 11) is 0. The first-order valence-electron chi connectivity index (χ1n) is 11.4. The molecule has 0 aromatic carbocycles. The van der Waals surface area contributed by atoms with E-state index in [0.717, 1.165) is 24.7 Å². The lowest BCUT2D eigenvalue weighted by Gasteiger charge is -2.60. The Bertz CT molecular complexity index is 615. The Hall–Kier alpha value is -1.06. The first-order valence-corrected chi connectivity index (χ1v) is 11.4. The second-order valence-electron chi connectivity index (χ2n) is 10.4. The molecule has 0 radical (unpaired) electrons. The van der Waals surface area contributed by atoms with Crippen molar-refractivity contribution in [2.45, 2.75) is 85.1 Å². The van der Waals surface area contributed by atoms with Gasteiger partial charge in [-0.2, -0.15) is 0 Å². The van der Waals surface area contributed by atoms with E-state index in [1.807, 2.05) is 18.7 Å². The molecule has 1 heterocycles. The minimum absolute atomic E-state index is 0.0191. The van der Waals surface area contributed by atoms with Crippen LogP contribution >= 0.6 is 0 Å². The van der Waals surface area contributed by atoms with E-state index in [0.29, 0.717) is 24.4 Å². The molecule has 4 heteroatoms. The number of carbonyl (C=O) groups excluding carboxylic acids is 2. The number of amides is 2. The third-order valence-corrected chi connectivity index (χ3v) is 9.30. The fourth-order valence-electron chi connectivity index (χ4n) is 7.74. The minimum atomic E-state index is -0.484. The molecule has 2 amide bonds. The molecular formula is C23H38N2O2. The zero-order chi connectivity index (χ0) is 19.4. The standard InChI is InChI=1S/C23H38N2O2/c1-5-25(6-2)21(27)16-14-23(4)18-11-13-22(3)12-7-8-17(22)15(18)9-10-19(23)24-20(16)26/h15-19H,5-14H2,1-4H3,(H,24,26)/t15-,16?,17-,18+,19?,22-,23+/m0/s1. The Morgan fingerprint density at radius 3 is 2.52 bits per heavy atom. The smallest absolute Gasteiger partial charge is 0.235 e. The maximum atomic E-state index is 13.0. The fraction of sp³-hybridized carbons (Fsp3) is 0.913. The Labute approximate surface area is 164 Å². The van der Waals surface area contributed by atoms with Gasteiger partial charge in [0, 0.05) is 19.1 Å². The maximum absolute atomic E-state index is 13.0. The molecule has 0 spiro atoms. The second-order valence-corrected chi connectivity index (χ2v) is 10.4. The molecule has 2 unspecified atom stereocenters. The average Bonchev–Trinajstić information content (AvgIpc) is 3.04. The molecule has 0 bridgehead atoms. The van der Waals surface area contributed by atoms with Crippen LogP contribution in [0.15, 0.2) is 0 Å². The Morgan fingerprint density at radius 1 is 1.07 bits per heavy atom. The molecule has 1 N–H and O–H groups in total. The van der Waals surface area contributed by atoms with Crippen LogP contribution in [0, 0.1) is 34.5 Å². The number of rotatable bonds is 3. The SMILES string of the molecule is CCN(CC)C(=O)C1C[C@@]2(C)C(CC[C@@H]3[C@H]2CC[C@]2(C)CCC[C@@H]32)NC1=O. The van der Waals surface area contributed by atoms with Gasteiger partial charge in [0.1, 0.15) is 5.92 Å². The summed E-state index contributed by atoms with van der Waals surface area (Å²) >= 11 is 0. The van der Waals surface area contributed by atoms with E-state index in [4.69, 9.17) is 0 Å². The highest BCUT2D eigenvalue weighted by molar-refractivity contribution is 6.01. The van der Waals surface area contributed by atoms with Gasteiger partial charge in [0.15, 0.2) is 0 Å². The van der Waals surface area contributed by atoms with Crippen LogP contribution in [-0.2, 0) is 9.59 Å². The zero-order valence-corrected chi connectivity index (χ0v) is 17.7. The topological polar surface area (TPSA) is 49.4 Å². The van der Waals surface area contributed by atoms with Crippen LogP contribution in [0.4, 0.5) is 0 Å². The third kappa shape index (κ3) is 2.84. The van der Waals surface area contributed by atoms with Crippen LogP contribution in [0.1, 0.15) is 79.1 Å². The number of nitrogens with one attached hydrogen (secondary N) is 1. The Morgan fingerprint density at radius 2 is 1.81 bits per heavy atom. The average molecular weight is 375 g/mol. The quantitative estimate of drug-likeness (QED) is 0.759. The van der Waals surface area contributed by atoms with Gasteiger partial charge < -0.3 is 10.2 Å². The fourth-order valence-corrected chi connectivity index (χ4v) is 7.74. The predicted molar refractivity (Wildman–Crippen MR) is 107 cm³/mol. The molecule has 4 nitrogen and oxygen atoms in total. The van der Waals surface area contributed by atoms with Gasteiger partial charge in [-0.25, -0.2) is 0 Å². The van der Waals surface area contributed by atoms with E-state index in [1.165, 1.54) is 38.5 Å². The molecule has 0 aromatic heterocycles. The number of hydrogen-bond acceptors (Lipinski definition) is 2. The lowest BCUT2D eigenvalue weighted by atomic mass is 9.47. The van der Waals surface area contributed by atoms with Gasteiger partial charge in [0.2, 0.25) is 11.8 Å². The molecule has 3 aliphatic carbocycles. The van der Waals surface area contributed by atoms with Gasteiger partial charge in [0.05, 0.1) is 0 Å². The van der Waals surface area contributed by atoms with Crippen LogP contribution in [0.25, 0.3) is 0 Å². The summed E-state index contributed by atoms with van der Waals surface area (Å²) in [5.74, 6) is 1.87. The summed E-state index contributed by atoms with van der Waals surface area (Å²) in [6, 6.07) is 0.262. The van der Waals surface area contributed by atoms with Gasteiger partial charge in [-0.15, -0.1) is 0 Å². The largest absolute Gasteiger partial charge is 0.352 e. The van der Waals surface area contributed by atoms with E-state index in [9.17, 15) is 9.59 Å². The van der Waals surface area contributed by atoms with Gasteiger partial charge in [0.25, 0.3) is 0 Å². The van der Waals surface area contributed by atoms with E-state index in [1.54, 1.807) is 0 Å². The van der Waals surface area contributed by atoms with Crippen LogP contribution in [0.5, 0.6) is 0 Å². The molecule has 7 atom stereocenters. The van der Waals surface area contributed by atoms with Crippen molar-refractivity contribution in [1.82, 2.24) is 10.2 Å². The van der Waals surface area contributed by atoms with Crippen LogP contribution < -0.4 is 5.32 Å². The van der Waals surface area contributed by atoms with Crippen molar-refractivity contribution in [1.29, 1.82) is 0 Å². The first kappa shape index (κ1) is 19.3. The Balaban J connectivity index is 1.60. The highest BCUT2D eigenvalue weighted by Gasteiger charge is 2.60. The summed E-state index contributed by atoms with van der Waals surface area (Å²) < 4.78 is 0. The highest BCUT2D eigenvalue weighted by atomic mass is 16.2. The zero-order valence-electron chi connectivity index (χ0n) is 17.7. The third-order valence-electron chi connectivity index (χ3n) is 9.30. The summed E-state index contributed by atoms with van der Waals surface area (Å²) in [6.45, 7) is 10.3. The lowest BCUT2D eigenvalue weighted by Crippen LogP contribution is -2.64. The van der Waals surface area contributed by atoms with E-state index in [-0.39, 0.29) is 23.3 Å². The highest BCUT2D eigenvalue weighted by Crippen LogP contribution is 2.64. The number of nitrogens with zero attached hydrogens (tertiary/aromatic N) is 1. The van der Waals surface area contributed by atoms with Crippen molar-refractivity contribution in [2.24, 2.45) is 34.5 Å². The van der Waals surface area contributed by atoms with Gasteiger partial charge in [-0.05, 0) is 87.4 Å². The Kier molecular flexibility index (Phi) is 4.83. The summed E-state index contributed by atoms with van der Waals surface area (Å²) in [5, 5.41) is 3.31. The molecule has 152 valence electrons. The van der Waals surface area contributed by atoms with Crippen molar-refractivity contribution in [2.75, 3.05) is 13.1 Å². The van der Waals surface area contributed by atoms with Crippen molar-refractivity contribution in [3.8, 4) is 0 Å². The molecule has 3 saturated carbocycles.